The Balaban J connectivity index is 2.21. The Morgan fingerprint density at radius 3 is 2.53 bits per heavy atom. The van der Waals surface area contributed by atoms with E-state index in [9.17, 15) is 5.11 Å². The fourth-order valence-corrected chi connectivity index (χ4v) is 3.53. The van der Waals surface area contributed by atoms with Crippen LogP contribution < -0.4 is 0 Å². The molecule has 0 aromatic rings. The molecule has 0 aromatic heterocycles. The van der Waals surface area contributed by atoms with Crippen molar-refractivity contribution in [2.24, 2.45) is 5.92 Å². The average molecular weight is 238 g/mol. The molecule has 1 aliphatic heterocycles. The maximum atomic E-state index is 9.90. The lowest BCUT2D eigenvalue weighted by atomic mass is 9.80. The molecule has 2 atom stereocenters. The van der Waals surface area contributed by atoms with Gasteiger partial charge in [-0.2, -0.15) is 0 Å². The highest BCUT2D eigenvalue weighted by molar-refractivity contribution is 5.18. The SMILES string of the molecule is CC1(C)CC(C2=CC(O)CCCC2)C(C)(C)O1. The van der Waals surface area contributed by atoms with Crippen molar-refractivity contribution in [3.8, 4) is 0 Å². The molecule has 0 aromatic carbocycles. The molecule has 2 nitrogen and oxygen atoms in total. The minimum absolute atomic E-state index is 0.0355. The lowest BCUT2D eigenvalue weighted by Crippen LogP contribution is -2.30. The predicted molar refractivity (Wildman–Crippen MR) is 69.9 cm³/mol. The standard InChI is InChI=1S/C15H26O2/c1-14(2)10-13(15(3,4)17-14)11-7-5-6-8-12(16)9-11/h9,12-13,16H,5-8,10H2,1-4H3. The summed E-state index contributed by atoms with van der Waals surface area (Å²) in [5.74, 6) is 0.463. The molecule has 1 fully saturated rings. The second kappa shape index (κ2) is 4.40. The van der Waals surface area contributed by atoms with Crippen LogP contribution in [-0.2, 0) is 4.74 Å². The first-order chi connectivity index (χ1) is 7.80. The Morgan fingerprint density at radius 1 is 1.24 bits per heavy atom. The van der Waals surface area contributed by atoms with Crippen LogP contribution in [-0.4, -0.2) is 22.4 Å². The van der Waals surface area contributed by atoms with Crippen LogP contribution >= 0.6 is 0 Å². The van der Waals surface area contributed by atoms with Gasteiger partial charge in [-0.05, 0) is 53.4 Å². The van der Waals surface area contributed by atoms with Gasteiger partial charge in [-0.15, -0.1) is 0 Å². The van der Waals surface area contributed by atoms with Crippen LogP contribution in [0.2, 0.25) is 0 Å². The predicted octanol–water partition coefficient (Wildman–Crippen LogP) is 3.44. The molecular formula is C15H26O2. The third kappa shape index (κ3) is 2.92. The topological polar surface area (TPSA) is 29.5 Å². The normalized spacial score (nSPS) is 36.4. The first kappa shape index (κ1) is 13.1. The second-order valence-corrected chi connectivity index (χ2v) is 6.78. The minimum atomic E-state index is -0.244. The van der Waals surface area contributed by atoms with Crippen LogP contribution in [0, 0.1) is 5.92 Å². The van der Waals surface area contributed by atoms with E-state index < -0.39 is 0 Å². The molecule has 0 bridgehead atoms. The lowest BCUT2D eigenvalue weighted by molar-refractivity contribution is -0.0716. The number of hydrogen-bond donors (Lipinski definition) is 1. The summed E-state index contributed by atoms with van der Waals surface area (Å²) in [5.41, 5.74) is 1.29. The molecule has 1 aliphatic carbocycles. The maximum Gasteiger partial charge on any atom is 0.0723 e. The number of rotatable bonds is 1. The van der Waals surface area contributed by atoms with Crippen LogP contribution in [0.5, 0.6) is 0 Å². The van der Waals surface area contributed by atoms with Crippen molar-refractivity contribution in [1.29, 1.82) is 0 Å². The Kier molecular flexibility index (Phi) is 3.39. The summed E-state index contributed by atoms with van der Waals surface area (Å²) >= 11 is 0. The molecule has 98 valence electrons. The summed E-state index contributed by atoms with van der Waals surface area (Å²) in [4.78, 5) is 0. The van der Waals surface area contributed by atoms with E-state index in [2.05, 4.69) is 33.8 Å². The zero-order valence-electron chi connectivity index (χ0n) is 11.6. The summed E-state index contributed by atoms with van der Waals surface area (Å²) < 4.78 is 6.16. The lowest BCUT2D eigenvalue weighted by Gasteiger charge is -2.29. The largest absolute Gasteiger partial charge is 0.389 e. The first-order valence-corrected chi connectivity index (χ1v) is 6.89. The van der Waals surface area contributed by atoms with Crippen molar-refractivity contribution < 1.29 is 9.84 Å². The van der Waals surface area contributed by atoms with Gasteiger partial charge >= 0.3 is 0 Å². The highest BCUT2D eigenvalue weighted by Crippen LogP contribution is 2.47. The van der Waals surface area contributed by atoms with Gasteiger partial charge in [0.1, 0.15) is 0 Å². The second-order valence-electron chi connectivity index (χ2n) is 6.78. The summed E-state index contributed by atoms with van der Waals surface area (Å²) in [6.45, 7) is 8.71. The van der Waals surface area contributed by atoms with Crippen molar-refractivity contribution >= 4 is 0 Å². The number of aliphatic hydroxyl groups excluding tert-OH is 1. The van der Waals surface area contributed by atoms with Crippen molar-refractivity contribution in [3.63, 3.8) is 0 Å². The van der Waals surface area contributed by atoms with E-state index in [1.54, 1.807) is 0 Å². The van der Waals surface area contributed by atoms with Gasteiger partial charge in [0.15, 0.2) is 0 Å². The van der Waals surface area contributed by atoms with E-state index in [1.807, 2.05) is 0 Å². The van der Waals surface area contributed by atoms with Gasteiger partial charge in [-0.25, -0.2) is 0 Å². The van der Waals surface area contributed by atoms with Gasteiger partial charge in [0.2, 0.25) is 0 Å². The third-order valence-electron chi connectivity index (χ3n) is 4.14. The smallest absolute Gasteiger partial charge is 0.0723 e. The molecule has 1 N–H and O–H groups in total. The zero-order chi connectivity index (χ0) is 12.7. The highest BCUT2D eigenvalue weighted by atomic mass is 16.5. The van der Waals surface area contributed by atoms with E-state index in [-0.39, 0.29) is 17.3 Å². The van der Waals surface area contributed by atoms with Crippen LogP contribution in [0.1, 0.15) is 59.8 Å². The van der Waals surface area contributed by atoms with Gasteiger partial charge < -0.3 is 9.84 Å². The van der Waals surface area contributed by atoms with Crippen LogP contribution in [0.4, 0.5) is 0 Å². The number of hydrogen-bond acceptors (Lipinski definition) is 2. The fraction of sp³-hybridized carbons (Fsp3) is 0.867. The van der Waals surface area contributed by atoms with Crippen LogP contribution in [0.3, 0.4) is 0 Å². The molecule has 1 saturated heterocycles. The Morgan fingerprint density at radius 2 is 1.94 bits per heavy atom. The minimum Gasteiger partial charge on any atom is -0.389 e. The third-order valence-corrected chi connectivity index (χ3v) is 4.14. The molecule has 2 rings (SSSR count). The summed E-state index contributed by atoms with van der Waals surface area (Å²) in [5, 5.41) is 9.90. The number of aliphatic hydroxyl groups is 1. The molecule has 0 amide bonds. The monoisotopic (exact) mass is 238 g/mol. The maximum absolute atomic E-state index is 9.90. The van der Waals surface area contributed by atoms with Crippen molar-refractivity contribution in [2.75, 3.05) is 0 Å². The fourth-order valence-electron chi connectivity index (χ4n) is 3.53. The molecule has 2 heteroatoms. The van der Waals surface area contributed by atoms with Crippen molar-refractivity contribution in [1.82, 2.24) is 0 Å². The Bertz CT molecular complexity index is 315. The molecule has 1 heterocycles. The van der Waals surface area contributed by atoms with Gasteiger partial charge in [0.05, 0.1) is 17.3 Å². The van der Waals surface area contributed by atoms with Gasteiger partial charge in [-0.1, -0.05) is 18.1 Å². The highest BCUT2D eigenvalue weighted by Gasteiger charge is 2.47. The van der Waals surface area contributed by atoms with E-state index in [0.29, 0.717) is 5.92 Å². The van der Waals surface area contributed by atoms with Crippen LogP contribution in [0.15, 0.2) is 11.6 Å². The number of ether oxygens (including phenoxy) is 1. The molecular weight excluding hydrogens is 212 g/mol. The molecule has 2 unspecified atom stereocenters. The molecule has 2 aliphatic rings. The average Bonchev–Trinajstić information content (AvgIpc) is 2.36. The van der Waals surface area contributed by atoms with E-state index in [4.69, 9.17) is 4.74 Å². The quantitative estimate of drug-likeness (QED) is 0.709. The molecule has 0 saturated carbocycles. The first-order valence-electron chi connectivity index (χ1n) is 6.89. The van der Waals surface area contributed by atoms with Crippen molar-refractivity contribution in [2.45, 2.75) is 77.1 Å². The Labute approximate surface area is 105 Å². The Hall–Kier alpha value is -0.340. The van der Waals surface area contributed by atoms with E-state index in [1.165, 1.54) is 12.0 Å². The molecule has 0 radical (unpaired) electrons. The van der Waals surface area contributed by atoms with Gasteiger partial charge in [0, 0.05) is 5.92 Å². The summed E-state index contributed by atoms with van der Waals surface area (Å²) in [7, 11) is 0. The molecule has 17 heavy (non-hydrogen) atoms. The molecule has 0 spiro atoms. The van der Waals surface area contributed by atoms with Gasteiger partial charge in [0.25, 0.3) is 0 Å². The van der Waals surface area contributed by atoms with Crippen molar-refractivity contribution in [3.05, 3.63) is 11.6 Å². The van der Waals surface area contributed by atoms with Gasteiger partial charge in [-0.3, -0.25) is 0 Å². The van der Waals surface area contributed by atoms with Crippen LogP contribution in [0.25, 0.3) is 0 Å². The van der Waals surface area contributed by atoms with E-state index >= 15 is 0 Å². The summed E-state index contributed by atoms with van der Waals surface area (Å²) in [6.07, 6.45) is 7.31. The zero-order valence-corrected chi connectivity index (χ0v) is 11.6. The summed E-state index contributed by atoms with van der Waals surface area (Å²) in [6, 6.07) is 0. The van der Waals surface area contributed by atoms with E-state index in [0.717, 1.165) is 25.7 Å².